The van der Waals surface area contributed by atoms with Crippen LogP contribution in [0.4, 0.5) is 26.3 Å². The summed E-state index contributed by atoms with van der Waals surface area (Å²) in [6.07, 6.45) is -9.55. The van der Waals surface area contributed by atoms with E-state index in [1.165, 1.54) is 24.9 Å². The van der Waals surface area contributed by atoms with Crippen LogP contribution in [0.3, 0.4) is 0 Å². The van der Waals surface area contributed by atoms with Gasteiger partial charge in [0.1, 0.15) is 6.61 Å². The van der Waals surface area contributed by atoms with Gasteiger partial charge in [0.2, 0.25) is 0 Å². The molecule has 1 saturated heterocycles. The second-order valence-corrected chi connectivity index (χ2v) is 10.1. The molecule has 206 valence electrons. The Morgan fingerprint density at radius 1 is 0.974 bits per heavy atom. The van der Waals surface area contributed by atoms with Crippen molar-refractivity contribution in [3.05, 3.63) is 58.7 Å². The van der Waals surface area contributed by atoms with Crippen molar-refractivity contribution in [2.24, 2.45) is 4.99 Å². The fourth-order valence-electron chi connectivity index (χ4n) is 4.11. The predicted molar refractivity (Wildman–Crippen MR) is 130 cm³/mol. The number of halogens is 6. The third kappa shape index (κ3) is 6.55. The molecule has 1 amide bonds. The largest absolute Gasteiger partial charge is 0.493 e. The van der Waals surface area contributed by atoms with Gasteiger partial charge in [-0.05, 0) is 43.3 Å². The third-order valence-electron chi connectivity index (χ3n) is 6.28. The van der Waals surface area contributed by atoms with E-state index in [1.807, 2.05) is 7.05 Å². The number of ether oxygens (including phenoxy) is 2. The summed E-state index contributed by atoms with van der Waals surface area (Å²) in [5.74, 6) is 0.105. The standard InChI is InChI=1S/C25H25F6N3O3S/c1-33-7-9-34(10-8-33)23-32-22(35)21(38-23)12-15-3-6-19(20(11-15)36-2)37-14-16-4-5-17(24(26,27)28)13-18(16)25(29,30)31/h3-6,11,13,21H,7-10,12,14H2,1-2H3. The summed E-state index contributed by atoms with van der Waals surface area (Å²) in [5, 5.41) is 0.291. The first-order chi connectivity index (χ1) is 17.8. The Hall–Kier alpha value is -2.93. The number of rotatable bonds is 6. The Balaban J connectivity index is 1.43. The summed E-state index contributed by atoms with van der Waals surface area (Å²) in [7, 11) is 3.39. The molecular formula is C25H25F6N3O3S. The molecule has 0 aliphatic carbocycles. The summed E-state index contributed by atoms with van der Waals surface area (Å²) in [4.78, 5) is 21.0. The van der Waals surface area contributed by atoms with Gasteiger partial charge >= 0.3 is 12.4 Å². The van der Waals surface area contributed by atoms with E-state index < -0.39 is 40.9 Å². The fourth-order valence-corrected chi connectivity index (χ4v) is 5.27. The molecule has 0 bridgehead atoms. The lowest BCUT2D eigenvalue weighted by Gasteiger charge is -2.33. The van der Waals surface area contributed by atoms with E-state index >= 15 is 0 Å². The normalized spacial score (nSPS) is 19.1. The molecule has 0 saturated carbocycles. The second-order valence-electron chi connectivity index (χ2n) is 8.97. The molecule has 2 aromatic carbocycles. The number of benzene rings is 2. The van der Waals surface area contributed by atoms with Crippen molar-refractivity contribution in [3.8, 4) is 11.5 Å². The minimum Gasteiger partial charge on any atom is -0.493 e. The van der Waals surface area contributed by atoms with Crippen LogP contribution in [-0.4, -0.2) is 66.5 Å². The maximum Gasteiger partial charge on any atom is 0.416 e. The summed E-state index contributed by atoms with van der Waals surface area (Å²) < 4.78 is 89.9. The highest BCUT2D eigenvalue weighted by atomic mass is 32.2. The van der Waals surface area contributed by atoms with Crippen LogP contribution in [0.15, 0.2) is 41.4 Å². The van der Waals surface area contributed by atoms with Gasteiger partial charge in [0.25, 0.3) is 5.91 Å². The van der Waals surface area contributed by atoms with Crippen molar-refractivity contribution in [1.29, 1.82) is 0 Å². The van der Waals surface area contributed by atoms with Gasteiger partial charge in [-0.15, -0.1) is 0 Å². The van der Waals surface area contributed by atoms with E-state index in [1.54, 1.807) is 12.1 Å². The molecule has 4 rings (SSSR count). The number of likely N-dealkylation sites (N-methyl/N-ethyl adjacent to an activating group) is 1. The van der Waals surface area contributed by atoms with Gasteiger partial charge in [0.15, 0.2) is 16.7 Å². The average Bonchev–Trinajstić information content (AvgIpc) is 3.22. The van der Waals surface area contributed by atoms with Crippen LogP contribution in [0.2, 0.25) is 0 Å². The number of methoxy groups -OCH3 is 1. The Labute approximate surface area is 219 Å². The number of thioether (sulfide) groups is 1. The SMILES string of the molecule is COc1cc(CC2SC(N3CCN(C)CC3)=NC2=O)ccc1OCc1ccc(C(F)(F)F)cc1C(F)(F)F. The Kier molecular flexibility index (Phi) is 8.17. The maximum atomic E-state index is 13.4. The Bertz CT molecular complexity index is 1210. The summed E-state index contributed by atoms with van der Waals surface area (Å²) >= 11 is 1.40. The molecule has 6 nitrogen and oxygen atoms in total. The minimum absolute atomic E-state index is 0.0772. The molecule has 1 unspecified atom stereocenters. The highest BCUT2D eigenvalue weighted by Crippen LogP contribution is 2.38. The first-order valence-corrected chi connectivity index (χ1v) is 12.5. The van der Waals surface area contributed by atoms with Crippen molar-refractivity contribution in [2.75, 3.05) is 40.3 Å². The average molecular weight is 562 g/mol. The topological polar surface area (TPSA) is 54.4 Å². The molecule has 0 aromatic heterocycles. The van der Waals surface area contributed by atoms with Crippen molar-refractivity contribution < 1.29 is 40.6 Å². The number of hydrogen-bond acceptors (Lipinski definition) is 6. The lowest BCUT2D eigenvalue weighted by molar-refractivity contribution is -0.143. The number of alkyl halides is 6. The maximum absolute atomic E-state index is 13.4. The third-order valence-corrected chi connectivity index (χ3v) is 7.49. The summed E-state index contributed by atoms with van der Waals surface area (Å²) in [6, 6.07) is 6.20. The van der Waals surface area contributed by atoms with Crippen LogP contribution >= 0.6 is 11.8 Å². The smallest absolute Gasteiger partial charge is 0.416 e. The lowest BCUT2D eigenvalue weighted by Crippen LogP contribution is -2.46. The molecule has 0 spiro atoms. The molecule has 2 heterocycles. The number of hydrogen-bond donors (Lipinski definition) is 0. The van der Waals surface area contributed by atoms with Gasteiger partial charge in [-0.1, -0.05) is 23.9 Å². The van der Waals surface area contributed by atoms with Crippen LogP contribution in [0, 0.1) is 0 Å². The van der Waals surface area contributed by atoms with Crippen molar-refractivity contribution in [1.82, 2.24) is 9.80 Å². The number of nitrogens with zero attached hydrogens (tertiary/aromatic N) is 3. The molecule has 1 fully saturated rings. The van der Waals surface area contributed by atoms with Crippen LogP contribution in [-0.2, 0) is 30.2 Å². The molecule has 38 heavy (non-hydrogen) atoms. The number of amides is 1. The first-order valence-electron chi connectivity index (χ1n) is 11.6. The molecule has 13 heteroatoms. The van der Waals surface area contributed by atoms with Crippen LogP contribution < -0.4 is 9.47 Å². The monoisotopic (exact) mass is 561 g/mol. The molecular weight excluding hydrogens is 536 g/mol. The number of carbonyl (C=O) groups excluding carboxylic acids is 1. The van der Waals surface area contributed by atoms with Crippen molar-refractivity contribution in [3.63, 3.8) is 0 Å². The molecule has 1 atom stereocenters. The van der Waals surface area contributed by atoms with Crippen molar-refractivity contribution >= 4 is 22.8 Å². The van der Waals surface area contributed by atoms with Crippen molar-refractivity contribution in [2.45, 2.75) is 30.6 Å². The van der Waals surface area contributed by atoms with Crippen LogP contribution in [0.25, 0.3) is 0 Å². The van der Waals surface area contributed by atoms with E-state index in [0.717, 1.165) is 37.8 Å². The van der Waals surface area contributed by atoms with E-state index in [4.69, 9.17) is 9.47 Å². The quantitative estimate of drug-likeness (QED) is 0.458. The van der Waals surface area contributed by atoms with E-state index in [-0.39, 0.29) is 23.5 Å². The second kappa shape index (κ2) is 11.0. The van der Waals surface area contributed by atoms with E-state index in [9.17, 15) is 31.1 Å². The van der Waals surface area contributed by atoms with Gasteiger partial charge in [0, 0.05) is 31.7 Å². The Morgan fingerprint density at radius 3 is 2.32 bits per heavy atom. The zero-order valence-electron chi connectivity index (χ0n) is 20.5. The first kappa shape index (κ1) is 28.1. The molecule has 2 aliphatic rings. The zero-order valence-corrected chi connectivity index (χ0v) is 21.3. The van der Waals surface area contributed by atoms with E-state index in [0.29, 0.717) is 17.7 Å². The molecule has 0 radical (unpaired) electrons. The van der Waals surface area contributed by atoms with Gasteiger partial charge < -0.3 is 19.3 Å². The highest BCUT2D eigenvalue weighted by Gasteiger charge is 2.38. The van der Waals surface area contributed by atoms with Gasteiger partial charge in [-0.3, -0.25) is 4.79 Å². The molecule has 2 aromatic rings. The minimum atomic E-state index is -5.00. The number of amidine groups is 1. The predicted octanol–water partition coefficient (Wildman–Crippen LogP) is 5.10. The van der Waals surface area contributed by atoms with Crippen LogP contribution in [0.1, 0.15) is 22.3 Å². The highest BCUT2D eigenvalue weighted by molar-refractivity contribution is 8.15. The number of aliphatic imine (C=N–C) groups is 1. The summed E-state index contributed by atoms with van der Waals surface area (Å²) in [6.45, 7) is 2.72. The summed E-state index contributed by atoms with van der Waals surface area (Å²) in [5.41, 5.74) is -2.52. The zero-order chi connectivity index (χ0) is 27.7. The van der Waals surface area contributed by atoms with E-state index in [2.05, 4.69) is 14.8 Å². The van der Waals surface area contributed by atoms with Crippen LogP contribution in [0.5, 0.6) is 11.5 Å². The van der Waals surface area contributed by atoms with Gasteiger partial charge in [-0.2, -0.15) is 31.3 Å². The lowest BCUT2D eigenvalue weighted by atomic mass is 10.0. The number of carbonyl (C=O) groups is 1. The fraction of sp³-hybridized carbons (Fsp3) is 0.440. The molecule has 0 N–H and O–H groups in total. The number of piperazine rings is 1. The van der Waals surface area contributed by atoms with Gasteiger partial charge in [0.05, 0.1) is 23.5 Å². The van der Waals surface area contributed by atoms with Gasteiger partial charge in [-0.25, -0.2) is 0 Å². The molecule has 2 aliphatic heterocycles. The Morgan fingerprint density at radius 2 is 1.68 bits per heavy atom.